The van der Waals surface area contributed by atoms with Crippen molar-refractivity contribution in [1.82, 2.24) is 34.8 Å². The first-order valence-electron chi connectivity index (χ1n) is 23.3. The average molecular weight is 976 g/mol. The van der Waals surface area contributed by atoms with Crippen LogP contribution in [0.25, 0.3) is 0 Å². The van der Waals surface area contributed by atoms with Crippen molar-refractivity contribution in [3.8, 4) is 0 Å². The van der Waals surface area contributed by atoms with Crippen LogP contribution in [-0.2, 0) is 42.5 Å². The number of carboxylic acid groups (broad SMARTS) is 1. The Bertz CT molecular complexity index is 2430. The smallest absolute Gasteiger partial charge is 0.408 e. The SMILES string of the molecule is O=C(NC1CC1CCC1CNCCN1S(=O)(=O)c1ccccc1)C(Cc1ccc(F)cc1)N(C(=O)O)C(Cc1ccc(F)cc1)C(=O)NC1CC1CCC1CNCCN1S(=O)(=O)c1ccccc1. The molecule has 8 rings (SSSR count). The zero-order chi connectivity index (χ0) is 48.0. The number of nitrogens with one attached hydrogen (secondary N) is 4. The standard InChI is InChI=1S/C49H59F2N7O8S2/c50-37-17-11-33(12-18-37)27-45(47(59)54-43-29-35(43)15-21-39-31-52-23-25-56(39)67(63,64)41-7-3-1-4-8-41)58(49(61)62)46(28-34-13-19-38(51)20-14-34)48(60)55-44-30-36(44)16-22-40-32-53-24-26-57(40)68(65,66)42-9-5-2-6-10-42/h1-14,17-20,35-36,39-40,43-46,52-53H,15-16,21-32H2,(H,54,59)(H,55,60)(H,61,62). The number of hydrogen-bond acceptors (Lipinski definition) is 9. The van der Waals surface area contributed by atoms with E-state index in [0.29, 0.717) is 88.9 Å². The van der Waals surface area contributed by atoms with Crippen LogP contribution >= 0.6 is 0 Å². The Balaban J connectivity index is 0.963. The second-order valence-electron chi connectivity index (χ2n) is 18.3. The minimum atomic E-state index is -3.74. The summed E-state index contributed by atoms with van der Waals surface area (Å²) in [7, 11) is -7.48. The number of piperazine rings is 2. The van der Waals surface area contributed by atoms with E-state index < -0.39 is 61.7 Å². The lowest BCUT2D eigenvalue weighted by atomic mass is 9.98. The fourth-order valence-corrected chi connectivity index (χ4v) is 13.1. The molecule has 0 bridgehead atoms. The lowest BCUT2D eigenvalue weighted by molar-refractivity contribution is -0.131. The largest absolute Gasteiger partial charge is 0.465 e. The van der Waals surface area contributed by atoms with E-state index in [1.54, 1.807) is 60.7 Å². The second kappa shape index (κ2) is 21.5. The molecule has 15 nitrogen and oxygen atoms in total. The van der Waals surface area contributed by atoms with E-state index in [2.05, 4.69) is 21.3 Å². The van der Waals surface area contributed by atoms with Crippen molar-refractivity contribution in [3.05, 3.63) is 132 Å². The highest BCUT2D eigenvalue weighted by atomic mass is 32.2. The summed E-state index contributed by atoms with van der Waals surface area (Å²) in [5.41, 5.74) is 0.914. The maximum atomic E-state index is 14.5. The number of hydrogen-bond donors (Lipinski definition) is 5. The zero-order valence-corrected chi connectivity index (χ0v) is 39.3. The van der Waals surface area contributed by atoms with E-state index in [4.69, 9.17) is 0 Å². The van der Waals surface area contributed by atoms with E-state index in [1.807, 2.05) is 0 Å². The fourth-order valence-electron chi connectivity index (χ4n) is 9.73. The van der Waals surface area contributed by atoms with Crippen LogP contribution in [0.4, 0.5) is 13.6 Å². The summed E-state index contributed by atoms with van der Waals surface area (Å²) in [4.78, 5) is 43.9. The molecule has 5 N–H and O–H groups in total. The third-order valence-electron chi connectivity index (χ3n) is 13.7. The van der Waals surface area contributed by atoms with Gasteiger partial charge in [0.15, 0.2) is 0 Å². The molecule has 2 saturated heterocycles. The van der Waals surface area contributed by atoms with Crippen LogP contribution in [0, 0.1) is 23.5 Å². The van der Waals surface area contributed by atoms with E-state index in [1.165, 1.54) is 57.1 Å². The lowest BCUT2D eigenvalue weighted by Crippen LogP contribution is -2.60. The molecule has 0 radical (unpaired) electrons. The molecule has 2 aliphatic carbocycles. The van der Waals surface area contributed by atoms with Crippen LogP contribution in [0.3, 0.4) is 0 Å². The zero-order valence-electron chi connectivity index (χ0n) is 37.6. The molecule has 364 valence electrons. The molecule has 4 aromatic carbocycles. The number of nitrogens with zero attached hydrogens (tertiary/aromatic N) is 3. The highest BCUT2D eigenvalue weighted by Gasteiger charge is 2.47. The van der Waals surface area contributed by atoms with Crippen LogP contribution in [-0.4, -0.2) is 129 Å². The summed E-state index contributed by atoms with van der Waals surface area (Å²) in [6.07, 6.45) is 1.51. The Hall–Kier alpha value is -5.31. The second-order valence-corrected chi connectivity index (χ2v) is 22.1. The van der Waals surface area contributed by atoms with Crippen LogP contribution in [0.2, 0.25) is 0 Å². The van der Waals surface area contributed by atoms with Crippen molar-refractivity contribution in [2.24, 2.45) is 11.8 Å². The van der Waals surface area contributed by atoms with E-state index in [-0.39, 0.29) is 58.6 Å². The van der Waals surface area contributed by atoms with Crippen LogP contribution in [0.15, 0.2) is 119 Å². The number of amides is 3. The molecule has 0 aromatic heterocycles. The highest BCUT2D eigenvalue weighted by molar-refractivity contribution is 7.89. The first-order valence-corrected chi connectivity index (χ1v) is 26.2. The van der Waals surface area contributed by atoms with Crippen LogP contribution < -0.4 is 21.3 Å². The van der Waals surface area contributed by atoms with Gasteiger partial charge in [-0.15, -0.1) is 0 Å². The summed E-state index contributed by atoms with van der Waals surface area (Å²) in [5.74, 6) is -2.35. The number of sulfonamides is 2. The molecule has 4 aromatic rings. The number of carbonyl (C=O) groups excluding carboxylic acids is 2. The Morgan fingerprint density at radius 3 is 1.35 bits per heavy atom. The first kappa shape index (κ1) is 49.1. The fraction of sp³-hybridized carbons (Fsp3) is 0.449. The topological polar surface area (TPSA) is 198 Å². The monoisotopic (exact) mass is 975 g/mol. The first-order chi connectivity index (χ1) is 32.7. The molecular formula is C49H59F2N7O8S2. The molecule has 0 spiro atoms. The van der Waals surface area contributed by atoms with Gasteiger partial charge in [0, 0.05) is 76.3 Å². The maximum Gasteiger partial charge on any atom is 0.408 e. The van der Waals surface area contributed by atoms with Crippen molar-refractivity contribution in [2.45, 2.75) is 97.4 Å². The van der Waals surface area contributed by atoms with Gasteiger partial charge < -0.3 is 26.4 Å². The summed E-state index contributed by atoms with van der Waals surface area (Å²) in [6.45, 7) is 2.60. The van der Waals surface area contributed by atoms with Gasteiger partial charge in [-0.05, 0) is 110 Å². The molecule has 2 aliphatic heterocycles. The summed E-state index contributed by atoms with van der Waals surface area (Å²) < 4.78 is 85.7. The molecule has 2 heterocycles. The van der Waals surface area contributed by atoms with Crippen molar-refractivity contribution >= 4 is 38.0 Å². The summed E-state index contributed by atoms with van der Waals surface area (Å²) in [6, 6.07) is 23.1. The number of benzene rings is 4. The van der Waals surface area contributed by atoms with Gasteiger partial charge in [0.05, 0.1) is 9.79 Å². The van der Waals surface area contributed by atoms with Gasteiger partial charge in [0.25, 0.3) is 0 Å². The number of halogens is 2. The lowest BCUT2D eigenvalue weighted by Gasteiger charge is -2.35. The minimum Gasteiger partial charge on any atom is -0.465 e. The van der Waals surface area contributed by atoms with Crippen LogP contribution in [0.1, 0.15) is 49.7 Å². The summed E-state index contributed by atoms with van der Waals surface area (Å²) >= 11 is 0. The highest BCUT2D eigenvalue weighted by Crippen LogP contribution is 2.38. The third kappa shape index (κ3) is 11.9. The predicted molar refractivity (Wildman–Crippen MR) is 250 cm³/mol. The van der Waals surface area contributed by atoms with Crippen molar-refractivity contribution in [3.63, 3.8) is 0 Å². The molecule has 2 saturated carbocycles. The van der Waals surface area contributed by atoms with Crippen molar-refractivity contribution in [2.75, 3.05) is 39.3 Å². The van der Waals surface area contributed by atoms with Gasteiger partial charge in [-0.2, -0.15) is 8.61 Å². The Labute approximate surface area is 396 Å². The molecule has 19 heteroatoms. The Morgan fingerprint density at radius 1 is 0.603 bits per heavy atom. The average Bonchev–Trinajstić information content (AvgIpc) is 4.28. The van der Waals surface area contributed by atoms with Gasteiger partial charge in [0.2, 0.25) is 31.9 Å². The Morgan fingerprint density at radius 2 is 0.985 bits per heavy atom. The predicted octanol–water partition coefficient (Wildman–Crippen LogP) is 4.36. The van der Waals surface area contributed by atoms with E-state index >= 15 is 0 Å². The molecule has 8 atom stereocenters. The van der Waals surface area contributed by atoms with E-state index in [0.717, 1.165) is 4.90 Å². The van der Waals surface area contributed by atoms with Gasteiger partial charge in [-0.25, -0.2) is 30.4 Å². The molecule has 4 aliphatic rings. The van der Waals surface area contributed by atoms with E-state index in [9.17, 15) is 45.1 Å². The normalized spacial score (nSPS) is 24.0. The van der Waals surface area contributed by atoms with Crippen molar-refractivity contribution in [1.29, 1.82) is 0 Å². The van der Waals surface area contributed by atoms with Crippen molar-refractivity contribution < 1.29 is 45.1 Å². The van der Waals surface area contributed by atoms with Gasteiger partial charge in [-0.3, -0.25) is 14.5 Å². The molecule has 68 heavy (non-hydrogen) atoms. The maximum absolute atomic E-state index is 14.5. The van der Waals surface area contributed by atoms with Crippen LogP contribution in [0.5, 0.6) is 0 Å². The quantitative estimate of drug-likeness (QED) is 0.0849. The molecule has 4 fully saturated rings. The summed E-state index contributed by atoms with van der Waals surface area (Å²) in [5, 5.41) is 23.6. The minimum absolute atomic E-state index is 0.00747. The Kier molecular flexibility index (Phi) is 15.6. The number of rotatable bonds is 20. The third-order valence-corrected chi connectivity index (χ3v) is 17.6. The van der Waals surface area contributed by atoms with Gasteiger partial charge in [-0.1, -0.05) is 60.7 Å². The molecule has 3 amide bonds. The van der Waals surface area contributed by atoms with Gasteiger partial charge in [0.1, 0.15) is 23.7 Å². The van der Waals surface area contributed by atoms with Gasteiger partial charge >= 0.3 is 6.09 Å². The molecule has 8 unspecified atom stereocenters. The number of carbonyl (C=O) groups is 3. The molecular weight excluding hydrogens is 917 g/mol.